The van der Waals surface area contributed by atoms with Gasteiger partial charge in [-0.15, -0.1) is 0 Å². The lowest BCUT2D eigenvalue weighted by Crippen LogP contribution is -2.14. The average molecular weight is 323 g/mol. The maximum Gasteiger partial charge on any atom is 0.374 e. The summed E-state index contributed by atoms with van der Waals surface area (Å²) in [5.74, 6) is -1.12. The third-order valence-electron chi connectivity index (χ3n) is 2.57. The first-order chi connectivity index (χ1) is 10.3. The molecule has 0 spiro atoms. The van der Waals surface area contributed by atoms with E-state index in [0.717, 1.165) is 6.26 Å². The molecule has 1 aromatic heterocycles. The van der Waals surface area contributed by atoms with Gasteiger partial charge in [-0.05, 0) is 36.4 Å². The first kappa shape index (κ1) is 15.8. The highest BCUT2D eigenvalue weighted by molar-refractivity contribution is 7.92. The number of ether oxygens (including phenoxy) is 1. The van der Waals surface area contributed by atoms with E-state index in [1.165, 1.54) is 42.7 Å². The molecular weight excluding hydrogens is 310 g/mol. The number of rotatable bonds is 6. The second kappa shape index (κ2) is 6.44. The molecular formula is C14H13NO6S. The fraction of sp³-hybridized carbons (Fsp3) is 0.143. The van der Waals surface area contributed by atoms with Gasteiger partial charge in [-0.2, -0.15) is 0 Å². The Morgan fingerprint density at radius 2 is 1.86 bits per heavy atom. The van der Waals surface area contributed by atoms with Crippen molar-refractivity contribution in [3.63, 3.8) is 0 Å². The topological polar surface area (TPSA) is 103 Å². The summed E-state index contributed by atoms with van der Waals surface area (Å²) >= 11 is 0. The van der Waals surface area contributed by atoms with Gasteiger partial charge in [0, 0.05) is 11.3 Å². The summed E-state index contributed by atoms with van der Waals surface area (Å²) in [5, 5.41) is 0. The summed E-state index contributed by atoms with van der Waals surface area (Å²) in [6.45, 7) is -0.432. The Labute approximate surface area is 126 Å². The molecule has 0 radical (unpaired) electrons. The molecule has 22 heavy (non-hydrogen) atoms. The number of hydrogen-bond acceptors (Lipinski definition) is 6. The van der Waals surface area contributed by atoms with E-state index in [-0.39, 0.29) is 5.76 Å². The number of hydrogen-bond donors (Lipinski definition) is 1. The van der Waals surface area contributed by atoms with Crippen LogP contribution < -0.4 is 4.72 Å². The van der Waals surface area contributed by atoms with Crippen LogP contribution in [0, 0.1) is 0 Å². The van der Waals surface area contributed by atoms with Crippen LogP contribution in [-0.4, -0.2) is 33.0 Å². The summed E-state index contributed by atoms with van der Waals surface area (Å²) in [6.07, 6.45) is 2.35. The first-order valence-corrected chi connectivity index (χ1v) is 8.06. The van der Waals surface area contributed by atoms with E-state index in [1.807, 2.05) is 0 Å². The summed E-state index contributed by atoms with van der Waals surface area (Å²) in [5.41, 5.74) is 0.637. The number of carbonyl (C=O) groups is 2. The number of esters is 1. The van der Waals surface area contributed by atoms with Crippen molar-refractivity contribution in [2.24, 2.45) is 0 Å². The molecule has 0 saturated heterocycles. The third kappa shape index (κ3) is 4.45. The van der Waals surface area contributed by atoms with Gasteiger partial charge in [0.05, 0.1) is 12.5 Å². The van der Waals surface area contributed by atoms with Crippen LogP contribution in [-0.2, 0) is 14.8 Å². The zero-order valence-corrected chi connectivity index (χ0v) is 12.4. The van der Waals surface area contributed by atoms with Crippen LogP contribution in [0.3, 0.4) is 0 Å². The minimum Gasteiger partial charge on any atom is -0.457 e. The van der Waals surface area contributed by atoms with E-state index in [2.05, 4.69) is 4.72 Å². The molecule has 8 heteroatoms. The zero-order valence-electron chi connectivity index (χ0n) is 11.6. The lowest BCUT2D eigenvalue weighted by atomic mass is 10.1. The number of sulfonamides is 1. The molecule has 0 atom stereocenters. The molecule has 0 unspecified atom stereocenters. The van der Waals surface area contributed by atoms with Crippen LogP contribution in [0.5, 0.6) is 0 Å². The van der Waals surface area contributed by atoms with Crippen LogP contribution in [0.1, 0.15) is 20.9 Å². The standard InChI is InChI=1S/C14H13NO6S/c1-22(18,19)15-11-6-4-10(5-7-11)12(16)9-21-14(17)13-3-2-8-20-13/h2-8,15H,9H2,1H3. The number of carbonyl (C=O) groups excluding carboxylic acids is 2. The monoisotopic (exact) mass is 323 g/mol. The van der Waals surface area contributed by atoms with Crippen LogP contribution in [0.4, 0.5) is 5.69 Å². The highest BCUT2D eigenvalue weighted by atomic mass is 32.2. The molecule has 0 aliphatic carbocycles. The quantitative estimate of drug-likeness (QED) is 0.641. The smallest absolute Gasteiger partial charge is 0.374 e. The van der Waals surface area contributed by atoms with Crippen LogP contribution in [0.2, 0.25) is 0 Å². The van der Waals surface area contributed by atoms with E-state index < -0.39 is 28.4 Å². The number of Topliss-reactive ketones (excluding diaryl/α,β-unsaturated/α-hetero) is 1. The molecule has 2 rings (SSSR count). The number of nitrogens with one attached hydrogen (secondary N) is 1. The first-order valence-electron chi connectivity index (χ1n) is 6.17. The van der Waals surface area contributed by atoms with Gasteiger partial charge in [-0.25, -0.2) is 13.2 Å². The van der Waals surface area contributed by atoms with Crippen molar-refractivity contribution < 1.29 is 27.2 Å². The molecule has 7 nitrogen and oxygen atoms in total. The van der Waals surface area contributed by atoms with Gasteiger partial charge in [-0.1, -0.05) is 0 Å². The molecule has 0 aliphatic rings. The number of benzene rings is 1. The fourth-order valence-corrected chi connectivity index (χ4v) is 2.18. The number of ketones is 1. The van der Waals surface area contributed by atoms with Gasteiger partial charge in [0.15, 0.2) is 12.4 Å². The van der Waals surface area contributed by atoms with Crippen LogP contribution in [0.15, 0.2) is 47.1 Å². The predicted molar refractivity (Wildman–Crippen MR) is 78.2 cm³/mol. The van der Waals surface area contributed by atoms with Crippen LogP contribution in [0.25, 0.3) is 0 Å². The summed E-state index contributed by atoms with van der Waals surface area (Å²) in [7, 11) is -3.37. The predicted octanol–water partition coefficient (Wildman–Crippen LogP) is 1.69. The molecule has 116 valence electrons. The third-order valence-corrected chi connectivity index (χ3v) is 3.17. The Balaban J connectivity index is 1.94. The number of anilines is 1. The second-order valence-electron chi connectivity index (χ2n) is 4.43. The van der Waals surface area contributed by atoms with Crippen molar-refractivity contribution >= 4 is 27.5 Å². The largest absolute Gasteiger partial charge is 0.457 e. The minimum absolute atomic E-state index is 0.0144. The van der Waals surface area contributed by atoms with E-state index in [0.29, 0.717) is 11.3 Å². The summed E-state index contributed by atoms with van der Waals surface area (Å²) in [4.78, 5) is 23.4. The van der Waals surface area contributed by atoms with Crippen molar-refractivity contribution in [2.45, 2.75) is 0 Å². The second-order valence-corrected chi connectivity index (χ2v) is 6.18. The van der Waals surface area contributed by atoms with Gasteiger partial charge in [0.2, 0.25) is 15.8 Å². The Hall–Kier alpha value is -2.61. The Morgan fingerprint density at radius 1 is 1.18 bits per heavy atom. The Kier molecular flexibility index (Phi) is 4.62. The van der Waals surface area contributed by atoms with Gasteiger partial charge >= 0.3 is 5.97 Å². The molecule has 0 saturated carbocycles. The molecule has 0 bridgehead atoms. The van der Waals surface area contributed by atoms with Gasteiger partial charge < -0.3 is 9.15 Å². The van der Waals surface area contributed by atoms with Crippen molar-refractivity contribution in [1.29, 1.82) is 0 Å². The maximum absolute atomic E-state index is 11.9. The molecule has 1 heterocycles. The fourth-order valence-electron chi connectivity index (χ4n) is 1.62. The molecule has 1 aromatic carbocycles. The van der Waals surface area contributed by atoms with Crippen molar-refractivity contribution in [3.8, 4) is 0 Å². The number of furan rings is 1. The molecule has 1 N–H and O–H groups in total. The Bertz CT molecular complexity index is 762. The summed E-state index contributed by atoms with van der Waals surface area (Å²) < 4.78 is 34.1. The Morgan fingerprint density at radius 3 is 2.41 bits per heavy atom. The summed E-state index contributed by atoms with van der Waals surface area (Å²) in [6, 6.07) is 8.74. The lowest BCUT2D eigenvalue weighted by Gasteiger charge is -2.05. The van der Waals surface area contributed by atoms with Crippen molar-refractivity contribution in [2.75, 3.05) is 17.6 Å². The van der Waals surface area contributed by atoms with Gasteiger partial charge in [0.25, 0.3) is 0 Å². The highest BCUT2D eigenvalue weighted by Gasteiger charge is 2.14. The van der Waals surface area contributed by atoms with E-state index >= 15 is 0 Å². The van der Waals surface area contributed by atoms with Crippen LogP contribution >= 0.6 is 0 Å². The van der Waals surface area contributed by atoms with E-state index in [9.17, 15) is 18.0 Å². The van der Waals surface area contributed by atoms with Crippen molar-refractivity contribution in [3.05, 3.63) is 54.0 Å². The van der Waals surface area contributed by atoms with E-state index in [4.69, 9.17) is 9.15 Å². The molecule has 0 fully saturated rings. The molecule has 0 aliphatic heterocycles. The maximum atomic E-state index is 11.9. The minimum atomic E-state index is -3.37. The van der Waals surface area contributed by atoms with Crippen molar-refractivity contribution in [1.82, 2.24) is 0 Å². The van der Waals surface area contributed by atoms with E-state index in [1.54, 1.807) is 0 Å². The highest BCUT2D eigenvalue weighted by Crippen LogP contribution is 2.12. The molecule has 2 aromatic rings. The molecule has 0 amide bonds. The van der Waals surface area contributed by atoms with Gasteiger partial charge in [-0.3, -0.25) is 9.52 Å². The zero-order chi connectivity index (χ0) is 16.2. The average Bonchev–Trinajstić information content (AvgIpc) is 2.97. The normalized spacial score (nSPS) is 11.0. The van der Waals surface area contributed by atoms with Gasteiger partial charge in [0.1, 0.15) is 0 Å². The lowest BCUT2D eigenvalue weighted by molar-refractivity contribution is 0.0444. The SMILES string of the molecule is CS(=O)(=O)Nc1ccc(C(=O)COC(=O)c2ccco2)cc1.